The van der Waals surface area contributed by atoms with Gasteiger partial charge in [0, 0.05) is 0 Å². The van der Waals surface area contributed by atoms with Crippen LogP contribution in [0.2, 0.25) is 0 Å². The van der Waals surface area contributed by atoms with Gasteiger partial charge in [-0.15, -0.1) is 0 Å². The smallest absolute Gasteiger partial charge is 0.322 e. The predicted octanol–water partition coefficient (Wildman–Crippen LogP) is 0.657. The summed E-state index contributed by atoms with van der Waals surface area (Å²) in [4.78, 5) is 10.9. The fourth-order valence-electron chi connectivity index (χ4n) is 1.19. The van der Waals surface area contributed by atoms with E-state index < -0.39 is 6.04 Å². The van der Waals surface area contributed by atoms with Crippen LogP contribution in [-0.2, 0) is 9.53 Å². The highest BCUT2D eigenvalue weighted by atomic mass is 16.5. The molecule has 0 aliphatic carbocycles. The number of unbranched alkanes of at least 4 members (excludes halogenated alkanes) is 1. The zero-order valence-corrected chi connectivity index (χ0v) is 9.21. The number of nitrogens with one attached hydrogen (secondary N) is 1. The molecule has 0 aromatic carbocycles. The molecule has 0 bridgehead atoms. The Morgan fingerprint density at radius 2 is 2.14 bits per heavy atom. The third kappa shape index (κ3) is 6.86. The van der Waals surface area contributed by atoms with Gasteiger partial charge in [0.2, 0.25) is 0 Å². The molecule has 4 nitrogen and oxygen atoms in total. The first-order chi connectivity index (χ1) is 6.72. The quantitative estimate of drug-likeness (QED) is 0.448. The molecule has 0 aliphatic rings. The average Bonchev–Trinajstić information content (AvgIpc) is 2.21. The summed E-state index contributed by atoms with van der Waals surface area (Å²) in [5, 5.41) is 3.30. The van der Waals surface area contributed by atoms with Crippen molar-refractivity contribution in [2.75, 3.05) is 20.2 Å². The first kappa shape index (κ1) is 13.4. The van der Waals surface area contributed by atoms with Crippen LogP contribution in [0.15, 0.2) is 0 Å². The highest BCUT2D eigenvalue weighted by molar-refractivity contribution is 5.75. The van der Waals surface area contributed by atoms with E-state index in [1.807, 2.05) is 0 Å². The Hall–Kier alpha value is -0.610. The summed E-state index contributed by atoms with van der Waals surface area (Å²) in [6.45, 7) is 4.20. The van der Waals surface area contributed by atoms with Gasteiger partial charge in [-0.2, -0.15) is 0 Å². The largest absolute Gasteiger partial charge is 0.468 e. The van der Waals surface area contributed by atoms with Crippen LogP contribution in [0, 0.1) is 0 Å². The van der Waals surface area contributed by atoms with E-state index in [1.54, 1.807) is 0 Å². The van der Waals surface area contributed by atoms with Crippen molar-refractivity contribution in [3.63, 3.8) is 0 Å². The van der Waals surface area contributed by atoms with Crippen molar-refractivity contribution in [3.8, 4) is 0 Å². The van der Waals surface area contributed by atoms with E-state index in [9.17, 15) is 4.79 Å². The summed E-state index contributed by atoms with van der Waals surface area (Å²) >= 11 is 0. The van der Waals surface area contributed by atoms with E-state index in [4.69, 9.17) is 5.73 Å². The lowest BCUT2D eigenvalue weighted by Gasteiger charge is -2.08. The molecule has 4 heteroatoms. The molecule has 0 amide bonds. The lowest BCUT2D eigenvalue weighted by Crippen LogP contribution is -2.31. The highest BCUT2D eigenvalue weighted by Crippen LogP contribution is 1.99. The van der Waals surface area contributed by atoms with E-state index in [-0.39, 0.29) is 5.97 Å². The van der Waals surface area contributed by atoms with Crippen LogP contribution in [-0.4, -0.2) is 32.2 Å². The zero-order valence-electron chi connectivity index (χ0n) is 9.21. The Morgan fingerprint density at radius 3 is 2.71 bits per heavy atom. The molecule has 0 heterocycles. The summed E-state index contributed by atoms with van der Waals surface area (Å²) in [6.07, 6.45) is 3.89. The topological polar surface area (TPSA) is 64.3 Å². The standard InChI is InChI=1S/C10H22N2O2/c1-3-7-12-8-5-4-6-9(11)10(13)14-2/h9,12H,3-8,11H2,1-2H3. The van der Waals surface area contributed by atoms with E-state index >= 15 is 0 Å². The molecular formula is C10H22N2O2. The molecule has 14 heavy (non-hydrogen) atoms. The van der Waals surface area contributed by atoms with Crippen LogP contribution in [0.1, 0.15) is 32.6 Å². The van der Waals surface area contributed by atoms with Crippen molar-refractivity contribution < 1.29 is 9.53 Å². The molecule has 84 valence electrons. The molecule has 1 atom stereocenters. The number of carbonyl (C=O) groups is 1. The van der Waals surface area contributed by atoms with Crippen LogP contribution >= 0.6 is 0 Å². The van der Waals surface area contributed by atoms with Crippen molar-refractivity contribution in [2.24, 2.45) is 5.73 Å². The lowest BCUT2D eigenvalue weighted by atomic mass is 10.1. The van der Waals surface area contributed by atoms with Crippen molar-refractivity contribution in [2.45, 2.75) is 38.6 Å². The highest BCUT2D eigenvalue weighted by Gasteiger charge is 2.11. The van der Waals surface area contributed by atoms with Gasteiger partial charge in [-0.25, -0.2) is 0 Å². The second kappa shape index (κ2) is 8.97. The van der Waals surface area contributed by atoms with Crippen molar-refractivity contribution in [3.05, 3.63) is 0 Å². The van der Waals surface area contributed by atoms with Gasteiger partial charge in [-0.05, 0) is 32.4 Å². The van der Waals surface area contributed by atoms with Gasteiger partial charge < -0.3 is 15.8 Å². The molecule has 0 rings (SSSR count). The number of hydrogen-bond donors (Lipinski definition) is 2. The summed E-state index contributed by atoms with van der Waals surface area (Å²) < 4.78 is 4.53. The minimum Gasteiger partial charge on any atom is -0.468 e. The van der Waals surface area contributed by atoms with Crippen LogP contribution in [0.3, 0.4) is 0 Å². The fraction of sp³-hybridized carbons (Fsp3) is 0.900. The first-order valence-electron chi connectivity index (χ1n) is 5.26. The summed E-state index contributed by atoms with van der Waals surface area (Å²) in [7, 11) is 1.37. The maximum atomic E-state index is 10.9. The maximum Gasteiger partial charge on any atom is 0.322 e. The van der Waals surface area contributed by atoms with Gasteiger partial charge in [0.1, 0.15) is 6.04 Å². The lowest BCUT2D eigenvalue weighted by molar-refractivity contribution is -0.142. The van der Waals surface area contributed by atoms with Gasteiger partial charge in [0.05, 0.1) is 7.11 Å². The van der Waals surface area contributed by atoms with Gasteiger partial charge in [0.25, 0.3) is 0 Å². The molecule has 0 aliphatic heterocycles. The maximum absolute atomic E-state index is 10.9. The Labute approximate surface area is 86.2 Å². The van der Waals surface area contributed by atoms with Gasteiger partial charge in [0.15, 0.2) is 0 Å². The molecular weight excluding hydrogens is 180 g/mol. The van der Waals surface area contributed by atoms with E-state index in [0.717, 1.165) is 32.4 Å². The number of ether oxygens (including phenoxy) is 1. The minimum atomic E-state index is -0.453. The minimum absolute atomic E-state index is 0.313. The Kier molecular flexibility index (Phi) is 8.57. The average molecular weight is 202 g/mol. The Bertz CT molecular complexity index is 151. The van der Waals surface area contributed by atoms with Crippen LogP contribution in [0.4, 0.5) is 0 Å². The second-order valence-electron chi connectivity index (χ2n) is 3.38. The van der Waals surface area contributed by atoms with E-state index in [2.05, 4.69) is 17.0 Å². The molecule has 0 saturated heterocycles. The van der Waals surface area contributed by atoms with Gasteiger partial charge in [-0.3, -0.25) is 4.79 Å². The number of carbonyl (C=O) groups excluding carboxylic acids is 1. The SMILES string of the molecule is CCCNCCCCC(N)C(=O)OC. The van der Waals surface area contributed by atoms with Crippen molar-refractivity contribution in [1.82, 2.24) is 5.32 Å². The van der Waals surface area contributed by atoms with E-state index in [0.29, 0.717) is 6.42 Å². The van der Waals surface area contributed by atoms with Gasteiger partial charge in [-0.1, -0.05) is 13.3 Å². The third-order valence-corrected chi connectivity index (χ3v) is 2.05. The monoisotopic (exact) mass is 202 g/mol. The van der Waals surface area contributed by atoms with Crippen LogP contribution in [0.25, 0.3) is 0 Å². The van der Waals surface area contributed by atoms with Crippen molar-refractivity contribution >= 4 is 5.97 Å². The first-order valence-corrected chi connectivity index (χ1v) is 5.26. The number of esters is 1. The molecule has 0 aromatic rings. The third-order valence-electron chi connectivity index (χ3n) is 2.05. The summed E-state index contributed by atoms with van der Waals surface area (Å²) in [6, 6.07) is -0.453. The van der Waals surface area contributed by atoms with Crippen LogP contribution in [0.5, 0.6) is 0 Å². The second-order valence-corrected chi connectivity index (χ2v) is 3.38. The summed E-state index contributed by atoms with van der Waals surface area (Å²) in [5.74, 6) is -0.313. The zero-order chi connectivity index (χ0) is 10.8. The molecule has 0 spiro atoms. The molecule has 0 fully saturated rings. The van der Waals surface area contributed by atoms with Crippen molar-refractivity contribution in [1.29, 1.82) is 0 Å². The summed E-state index contributed by atoms with van der Waals surface area (Å²) in [5.41, 5.74) is 5.57. The molecule has 0 saturated carbocycles. The Balaban J connectivity index is 3.23. The molecule has 1 unspecified atom stereocenters. The van der Waals surface area contributed by atoms with E-state index in [1.165, 1.54) is 7.11 Å². The number of nitrogens with two attached hydrogens (primary N) is 1. The molecule has 0 radical (unpaired) electrons. The molecule has 0 aromatic heterocycles. The Morgan fingerprint density at radius 1 is 1.43 bits per heavy atom. The van der Waals surface area contributed by atoms with Crippen LogP contribution < -0.4 is 11.1 Å². The number of hydrogen-bond acceptors (Lipinski definition) is 4. The fourth-order valence-corrected chi connectivity index (χ4v) is 1.19. The molecule has 3 N–H and O–H groups in total. The normalized spacial score (nSPS) is 12.5. The predicted molar refractivity (Wildman–Crippen MR) is 57.0 cm³/mol. The van der Waals surface area contributed by atoms with Gasteiger partial charge >= 0.3 is 5.97 Å². The number of methoxy groups -OCH3 is 1. The number of rotatable bonds is 8.